The van der Waals surface area contributed by atoms with E-state index in [0.717, 1.165) is 28.2 Å². The molecule has 0 saturated heterocycles. The number of nitrogens with zero attached hydrogens (tertiary/aromatic N) is 2. The van der Waals surface area contributed by atoms with Crippen molar-refractivity contribution in [2.75, 3.05) is 17.2 Å². The second-order valence-corrected chi connectivity index (χ2v) is 5.21. The number of rotatable bonds is 4. The van der Waals surface area contributed by atoms with Gasteiger partial charge in [-0.15, -0.1) is 0 Å². The maximum Gasteiger partial charge on any atom is 0.224 e. The van der Waals surface area contributed by atoms with Gasteiger partial charge in [0.25, 0.3) is 0 Å². The van der Waals surface area contributed by atoms with E-state index in [0.29, 0.717) is 5.95 Å². The summed E-state index contributed by atoms with van der Waals surface area (Å²) in [5, 5.41) is 6.44. The minimum absolute atomic E-state index is 0.647. The van der Waals surface area contributed by atoms with Gasteiger partial charge in [-0.05, 0) is 54.4 Å². The van der Waals surface area contributed by atoms with Gasteiger partial charge in [0, 0.05) is 22.8 Å². The molecule has 0 aliphatic rings. The molecule has 2 N–H and O–H groups in total. The zero-order valence-electron chi connectivity index (χ0n) is 11.3. The number of benzene rings is 1. The SMILES string of the molecule is CCNc1nc(C)cc(Nc2cc(C)ccc2Br)n1. The predicted molar refractivity (Wildman–Crippen MR) is 83.1 cm³/mol. The van der Waals surface area contributed by atoms with Crippen LogP contribution in [0.2, 0.25) is 0 Å². The highest BCUT2D eigenvalue weighted by atomic mass is 79.9. The van der Waals surface area contributed by atoms with E-state index >= 15 is 0 Å². The van der Waals surface area contributed by atoms with Crippen LogP contribution in [0, 0.1) is 13.8 Å². The third kappa shape index (κ3) is 3.67. The van der Waals surface area contributed by atoms with E-state index in [1.165, 1.54) is 5.56 Å². The number of halogens is 1. The quantitative estimate of drug-likeness (QED) is 0.892. The Bertz CT molecular complexity index is 584. The van der Waals surface area contributed by atoms with Crippen LogP contribution < -0.4 is 10.6 Å². The highest BCUT2D eigenvalue weighted by Gasteiger charge is 2.04. The Morgan fingerprint density at radius 2 is 1.95 bits per heavy atom. The summed E-state index contributed by atoms with van der Waals surface area (Å²) in [4.78, 5) is 8.77. The molecular formula is C14H17BrN4. The molecule has 1 heterocycles. The van der Waals surface area contributed by atoms with Gasteiger partial charge in [0.15, 0.2) is 0 Å². The van der Waals surface area contributed by atoms with Crippen LogP contribution in [0.15, 0.2) is 28.7 Å². The van der Waals surface area contributed by atoms with Crippen molar-refractivity contribution in [3.8, 4) is 0 Å². The molecule has 1 aromatic heterocycles. The average molecular weight is 321 g/mol. The molecule has 0 aliphatic carbocycles. The van der Waals surface area contributed by atoms with E-state index < -0.39 is 0 Å². The van der Waals surface area contributed by atoms with Crippen molar-refractivity contribution in [3.05, 3.63) is 40.0 Å². The molecule has 0 aliphatic heterocycles. The first kappa shape index (κ1) is 13.8. The molecule has 4 nitrogen and oxygen atoms in total. The maximum atomic E-state index is 4.44. The van der Waals surface area contributed by atoms with E-state index in [9.17, 15) is 0 Å². The molecule has 0 atom stereocenters. The zero-order chi connectivity index (χ0) is 13.8. The molecule has 100 valence electrons. The fourth-order valence-electron chi connectivity index (χ4n) is 1.74. The number of hydrogen-bond acceptors (Lipinski definition) is 4. The highest BCUT2D eigenvalue weighted by Crippen LogP contribution is 2.26. The molecule has 5 heteroatoms. The average Bonchev–Trinajstić information content (AvgIpc) is 2.33. The Labute approximate surface area is 121 Å². The van der Waals surface area contributed by atoms with Gasteiger partial charge in [-0.3, -0.25) is 0 Å². The molecule has 2 aromatic rings. The summed E-state index contributed by atoms with van der Waals surface area (Å²) in [6, 6.07) is 8.09. The minimum Gasteiger partial charge on any atom is -0.354 e. The van der Waals surface area contributed by atoms with Crippen molar-refractivity contribution >= 4 is 33.4 Å². The van der Waals surface area contributed by atoms with Crippen LogP contribution in [-0.4, -0.2) is 16.5 Å². The summed E-state index contributed by atoms with van der Waals surface area (Å²) in [6.07, 6.45) is 0. The van der Waals surface area contributed by atoms with Gasteiger partial charge in [-0.2, -0.15) is 4.98 Å². The predicted octanol–water partition coefficient (Wildman–Crippen LogP) is 4.03. The minimum atomic E-state index is 0.647. The molecule has 0 spiro atoms. The van der Waals surface area contributed by atoms with E-state index in [2.05, 4.69) is 55.6 Å². The Hall–Kier alpha value is -1.62. The first-order valence-corrected chi connectivity index (χ1v) is 7.00. The molecule has 1 aromatic carbocycles. The molecule has 19 heavy (non-hydrogen) atoms. The largest absolute Gasteiger partial charge is 0.354 e. The van der Waals surface area contributed by atoms with Gasteiger partial charge in [0.1, 0.15) is 5.82 Å². The van der Waals surface area contributed by atoms with Crippen LogP contribution in [0.3, 0.4) is 0 Å². The monoisotopic (exact) mass is 320 g/mol. The van der Waals surface area contributed by atoms with Crippen LogP contribution >= 0.6 is 15.9 Å². The summed E-state index contributed by atoms with van der Waals surface area (Å²) < 4.78 is 1.01. The molecule has 0 radical (unpaired) electrons. The number of hydrogen-bond donors (Lipinski definition) is 2. The molecule has 0 unspecified atom stereocenters. The van der Waals surface area contributed by atoms with Gasteiger partial charge < -0.3 is 10.6 Å². The Morgan fingerprint density at radius 3 is 2.68 bits per heavy atom. The van der Waals surface area contributed by atoms with Crippen molar-refractivity contribution in [1.29, 1.82) is 0 Å². The Morgan fingerprint density at radius 1 is 1.16 bits per heavy atom. The van der Waals surface area contributed by atoms with E-state index in [1.54, 1.807) is 0 Å². The number of aromatic nitrogens is 2. The molecule has 0 amide bonds. The molecule has 0 fully saturated rings. The second-order valence-electron chi connectivity index (χ2n) is 4.36. The normalized spacial score (nSPS) is 10.3. The summed E-state index contributed by atoms with van der Waals surface area (Å²) >= 11 is 3.53. The summed E-state index contributed by atoms with van der Waals surface area (Å²) in [7, 11) is 0. The fraction of sp³-hybridized carbons (Fsp3) is 0.286. The lowest BCUT2D eigenvalue weighted by Crippen LogP contribution is -2.05. The Kier molecular flexibility index (Phi) is 4.37. The van der Waals surface area contributed by atoms with Gasteiger partial charge in [0.2, 0.25) is 5.95 Å². The van der Waals surface area contributed by atoms with Crippen LogP contribution in [0.25, 0.3) is 0 Å². The highest BCUT2D eigenvalue weighted by molar-refractivity contribution is 9.10. The van der Waals surface area contributed by atoms with Crippen LogP contribution in [0.5, 0.6) is 0 Å². The van der Waals surface area contributed by atoms with E-state index in [-0.39, 0.29) is 0 Å². The molecule has 2 rings (SSSR count). The Balaban J connectivity index is 2.29. The van der Waals surface area contributed by atoms with Gasteiger partial charge >= 0.3 is 0 Å². The lowest BCUT2D eigenvalue weighted by atomic mass is 10.2. The van der Waals surface area contributed by atoms with Crippen molar-refractivity contribution < 1.29 is 0 Å². The van der Waals surface area contributed by atoms with Crippen LogP contribution in [0.1, 0.15) is 18.2 Å². The van der Waals surface area contributed by atoms with Crippen LogP contribution in [-0.2, 0) is 0 Å². The van der Waals surface area contributed by atoms with Crippen molar-refractivity contribution in [2.24, 2.45) is 0 Å². The lowest BCUT2D eigenvalue weighted by molar-refractivity contribution is 1.05. The maximum absolute atomic E-state index is 4.44. The first-order chi connectivity index (χ1) is 9.08. The number of nitrogens with one attached hydrogen (secondary N) is 2. The summed E-state index contributed by atoms with van der Waals surface area (Å²) in [5.74, 6) is 1.43. The van der Waals surface area contributed by atoms with E-state index in [1.807, 2.05) is 26.0 Å². The van der Waals surface area contributed by atoms with Gasteiger partial charge in [-0.1, -0.05) is 6.07 Å². The smallest absolute Gasteiger partial charge is 0.224 e. The van der Waals surface area contributed by atoms with Crippen LogP contribution in [0.4, 0.5) is 17.5 Å². The molecule has 0 bridgehead atoms. The fourth-order valence-corrected chi connectivity index (χ4v) is 2.09. The first-order valence-electron chi connectivity index (χ1n) is 6.21. The van der Waals surface area contributed by atoms with Gasteiger partial charge in [-0.25, -0.2) is 4.98 Å². The third-order valence-corrected chi connectivity index (χ3v) is 3.27. The molecular weight excluding hydrogens is 304 g/mol. The number of anilines is 3. The molecule has 0 saturated carbocycles. The second kappa shape index (κ2) is 6.02. The summed E-state index contributed by atoms with van der Waals surface area (Å²) in [5.41, 5.74) is 3.13. The summed E-state index contributed by atoms with van der Waals surface area (Å²) in [6.45, 7) is 6.85. The zero-order valence-corrected chi connectivity index (χ0v) is 12.9. The van der Waals surface area contributed by atoms with Gasteiger partial charge in [0.05, 0.1) is 5.69 Å². The van der Waals surface area contributed by atoms with Crippen molar-refractivity contribution in [3.63, 3.8) is 0 Å². The van der Waals surface area contributed by atoms with Crippen molar-refractivity contribution in [2.45, 2.75) is 20.8 Å². The van der Waals surface area contributed by atoms with E-state index in [4.69, 9.17) is 0 Å². The third-order valence-electron chi connectivity index (χ3n) is 2.57. The van der Waals surface area contributed by atoms with Crippen molar-refractivity contribution in [1.82, 2.24) is 9.97 Å². The standard InChI is InChI=1S/C14H17BrN4/c1-4-16-14-17-10(3)8-13(19-14)18-12-7-9(2)5-6-11(12)15/h5-8H,4H2,1-3H3,(H2,16,17,18,19). The topological polar surface area (TPSA) is 49.8 Å². The lowest BCUT2D eigenvalue weighted by Gasteiger charge is -2.11. The number of aryl methyl sites for hydroxylation is 2.